The Morgan fingerprint density at radius 2 is 2.56 bits per heavy atom. The van der Waals surface area contributed by atoms with E-state index in [4.69, 9.17) is 4.74 Å². The van der Waals surface area contributed by atoms with E-state index in [1.54, 1.807) is 11.3 Å². The maximum Gasteiger partial charge on any atom is 0.0758 e. The van der Waals surface area contributed by atoms with Gasteiger partial charge in [0, 0.05) is 13.1 Å². The summed E-state index contributed by atoms with van der Waals surface area (Å²) in [7, 11) is 0. The second-order valence-electron chi connectivity index (χ2n) is 4.66. The summed E-state index contributed by atoms with van der Waals surface area (Å²) in [5, 5.41) is 11.6. The minimum atomic E-state index is 0.293. The van der Waals surface area contributed by atoms with Crippen LogP contribution < -0.4 is 0 Å². The van der Waals surface area contributed by atoms with Crippen LogP contribution in [0.4, 0.5) is 0 Å². The molecule has 1 fully saturated rings. The predicted octanol–water partition coefficient (Wildman–Crippen LogP) is 2.35. The van der Waals surface area contributed by atoms with Crippen molar-refractivity contribution >= 4 is 11.3 Å². The van der Waals surface area contributed by atoms with E-state index in [2.05, 4.69) is 38.8 Å². The Morgan fingerprint density at radius 3 is 3.28 bits per heavy atom. The van der Waals surface area contributed by atoms with Crippen LogP contribution in [0.1, 0.15) is 22.9 Å². The minimum Gasteiger partial charge on any atom is -0.378 e. The van der Waals surface area contributed by atoms with Gasteiger partial charge in [-0.3, -0.25) is 10.00 Å². The van der Waals surface area contributed by atoms with E-state index < -0.39 is 0 Å². The van der Waals surface area contributed by atoms with Gasteiger partial charge in [0.15, 0.2) is 0 Å². The highest BCUT2D eigenvalue weighted by molar-refractivity contribution is 7.07. The SMILES string of the molecule is Cc1cn[nH]c1[C@@H]1COCCN1Cc1ccsc1. The molecule has 3 rings (SSSR count). The van der Waals surface area contributed by atoms with Gasteiger partial charge in [-0.05, 0) is 34.9 Å². The summed E-state index contributed by atoms with van der Waals surface area (Å²) in [4.78, 5) is 2.46. The van der Waals surface area contributed by atoms with Crippen LogP contribution in [0.3, 0.4) is 0 Å². The molecule has 0 saturated carbocycles. The first-order valence-corrected chi connectivity index (χ1v) is 7.11. The second-order valence-corrected chi connectivity index (χ2v) is 5.44. The number of thiophene rings is 1. The quantitative estimate of drug-likeness (QED) is 0.924. The second kappa shape index (κ2) is 5.22. The average molecular weight is 263 g/mol. The number of ether oxygens (including phenoxy) is 1. The van der Waals surface area contributed by atoms with Crippen molar-refractivity contribution in [3.8, 4) is 0 Å². The molecule has 1 saturated heterocycles. The summed E-state index contributed by atoms with van der Waals surface area (Å²) in [6, 6.07) is 2.48. The number of aromatic nitrogens is 2. The molecule has 0 aromatic carbocycles. The third kappa shape index (κ3) is 2.34. The van der Waals surface area contributed by atoms with Crippen molar-refractivity contribution in [2.45, 2.75) is 19.5 Å². The Kier molecular flexibility index (Phi) is 3.45. The molecule has 18 heavy (non-hydrogen) atoms. The summed E-state index contributed by atoms with van der Waals surface area (Å²) in [6.07, 6.45) is 1.88. The van der Waals surface area contributed by atoms with Crippen LogP contribution in [0.2, 0.25) is 0 Å². The summed E-state index contributed by atoms with van der Waals surface area (Å²) in [5.41, 5.74) is 3.77. The minimum absolute atomic E-state index is 0.293. The van der Waals surface area contributed by atoms with E-state index in [1.165, 1.54) is 16.8 Å². The Morgan fingerprint density at radius 1 is 1.61 bits per heavy atom. The number of rotatable bonds is 3. The van der Waals surface area contributed by atoms with E-state index in [1.807, 2.05) is 6.20 Å². The van der Waals surface area contributed by atoms with Crippen molar-refractivity contribution in [3.63, 3.8) is 0 Å². The van der Waals surface area contributed by atoms with Crippen molar-refractivity contribution in [1.29, 1.82) is 0 Å². The highest BCUT2D eigenvalue weighted by atomic mass is 32.1. The van der Waals surface area contributed by atoms with Gasteiger partial charge >= 0.3 is 0 Å². The van der Waals surface area contributed by atoms with E-state index in [0.717, 1.165) is 26.3 Å². The van der Waals surface area contributed by atoms with Crippen molar-refractivity contribution in [2.75, 3.05) is 19.8 Å². The number of aryl methyl sites for hydroxylation is 1. The number of hydrogen-bond donors (Lipinski definition) is 1. The number of nitrogens with zero attached hydrogens (tertiary/aromatic N) is 2. The first-order chi connectivity index (χ1) is 8.84. The molecule has 1 aliphatic heterocycles. The maximum absolute atomic E-state index is 5.62. The lowest BCUT2D eigenvalue weighted by atomic mass is 10.1. The Balaban J connectivity index is 1.80. The molecule has 1 aliphatic rings. The zero-order valence-corrected chi connectivity index (χ0v) is 11.2. The molecule has 0 unspecified atom stereocenters. The van der Waals surface area contributed by atoms with E-state index in [-0.39, 0.29) is 0 Å². The molecule has 0 bridgehead atoms. The number of aromatic amines is 1. The van der Waals surface area contributed by atoms with Gasteiger partial charge in [0.2, 0.25) is 0 Å². The highest BCUT2D eigenvalue weighted by Crippen LogP contribution is 2.26. The number of hydrogen-bond acceptors (Lipinski definition) is 4. The molecule has 1 atom stereocenters. The largest absolute Gasteiger partial charge is 0.378 e. The normalized spacial score (nSPS) is 21.3. The van der Waals surface area contributed by atoms with Crippen LogP contribution in [-0.2, 0) is 11.3 Å². The van der Waals surface area contributed by atoms with Gasteiger partial charge in [-0.15, -0.1) is 0 Å². The average Bonchev–Trinajstić information content (AvgIpc) is 3.02. The molecule has 3 heterocycles. The lowest BCUT2D eigenvalue weighted by Crippen LogP contribution is -2.39. The summed E-state index contributed by atoms with van der Waals surface area (Å²) < 4.78 is 5.62. The zero-order valence-electron chi connectivity index (χ0n) is 10.4. The molecule has 2 aromatic rings. The van der Waals surface area contributed by atoms with Crippen LogP contribution in [0.25, 0.3) is 0 Å². The number of morpholine rings is 1. The first kappa shape index (κ1) is 11.9. The molecule has 0 amide bonds. The van der Waals surface area contributed by atoms with Gasteiger partial charge in [-0.2, -0.15) is 16.4 Å². The molecule has 0 spiro atoms. The van der Waals surface area contributed by atoms with E-state index >= 15 is 0 Å². The van der Waals surface area contributed by atoms with Crippen molar-refractivity contribution in [2.24, 2.45) is 0 Å². The molecule has 5 heteroatoms. The monoisotopic (exact) mass is 263 g/mol. The molecule has 2 aromatic heterocycles. The zero-order chi connectivity index (χ0) is 12.4. The first-order valence-electron chi connectivity index (χ1n) is 6.17. The fourth-order valence-corrected chi connectivity index (χ4v) is 3.06. The van der Waals surface area contributed by atoms with E-state index in [0.29, 0.717) is 6.04 Å². The molecule has 96 valence electrons. The Hall–Kier alpha value is -1.17. The third-order valence-corrected chi connectivity index (χ3v) is 4.14. The van der Waals surface area contributed by atoms with Crippen molar-refractivity contribution < 1.29 is 4.74 Å². The van der Waals surface area contributed by atoms with Gasteiger partial charge in [-0.25, -0.2) is 0 Å². The fourth-order valence-electron chi connectivity index (χ4n) is 2.40. The van der Waals surface area contributed by atoms with Gasteiger partial charge in [-0.1, -0.05) is 0 Å². The molecule has 1 N–H and O–H groups in total. The number of H-pyrrole nitrogens is 1. The summed E-state index contributed by atoms with van der Waals surface area (Å²) in [5.74, 6) is 0. The van der Waals surface area contributed by atoms with Crippen LogP contribution in [0.5, 0.6) is 0 Å². The van der Waals surface area contributed by atoms with Gasteiger partial charge in [0.05, 0.1) is 31.1 Å². The standard InChI is InChI=1S/C13H17N3OS/c1-10-6-14-15-13(10)12-8-17-4-3-16(12)7-11-2-5-18-9-11/h2,5-6,9,12H,3-4,7-8H2,1H3,(H,14,15)/t12-/m0/s1. The third-order valence-electron chi connectivity index (χ3n) is 3.41. The lowest BCUT2D eigenvalue weighted by molar-refractivity contribution is -0.0144. The van der Waals surface area contributed by atoms with Crippen molar-refractivity contribution in [3.05, 3.63) is 39.8 Å². The maximum atomic E-state index is 5.62. The molecule has 0 aliphatic carbocycles. The van der Waals surface area contributed by atoms with Crippen LogP contribution in [0, 0.1) is 6.92 Å². The lowest BCUT2D eigenvalue weighted by Gasteiger charge is -2.35. The molecule has 4 nitrogen and oxygen atoms in total. The van der Waals surface area contributed by atoms with Crippen LogP contribution >= 0.6 is 11.3 Å². The molecular weight excluding hydrogens is 246 g/mol. The van der Waals surface area contributed by atoms with E-state index in [9.17, 15) is 0 Å². The highest BCUT2D eigenvalue weighted by Gasteiger charge is 2.27. The fraction of sp³-hybridized carbons (Fsp3) is 0.462. The Bertz CT molecular complexity index is 494. The molecule has 0 radical (unpaired) electrons. The smallest absolute Gasteiger partial charge is 0.0758 e. The topological polar surface area (TPSA) is 41.1 Å². The van der Waals surface area contributed by atoms with Gasteiger partial charge in [0.1, 0.15) is 0 Å². The number of nitrogens with one attached hydrogen (secondary N) is 1. The van der Waals surface area contributed by atoms with Crippen LogP contribution in [0.15, 0.2) is 23.0 Å². The van der Waals surface area contributed by atoms with Gasteiger partial charge in [0.25, 0.3) is 0 Å². The molecular formula is C13H17N3OS. The predicted molar refractivity (Wildman–Crippen MR) is 71.6 cm³/mol. The Labute approximate surface area is 111 Å². The van der Waals surface area contributed by atoms with Gasteiger partial charge < -0.3 is 4.74 Å². The van der Waals surface area contributed by atoms with Crippen LogP contribution in [-0.4, -0.2) is 34.9 Å². The van der Waals surface area contributed by atoms with Crippen molar-refractivity contribution in [1.82, 2.24) is 15.1 Å². The summed E-state index contributed by atoms with van der Waals surface area (Å²) >= 11 is 1.75. The summed E-state index contributed by atoms with van der Waals surface area (Å²) in [6.45, 7) is 5.60.